The Morgan fingerprint density at radius 1 is 1.12 bits per heavy atom. The Hall–Kier alpha value is -3.08. The van der Waals surface area contributed by atoms with Gasteiger partial charge in [-0.3, -0.25) is 4.79 Å². The minimum absolute atomic E-state index is 0.267. The molecule has 0 amide bonds. The first kappa shape index (κ1) is 15.4. The Kier molecular flexibility index (Phi) is 3.57. The first-order chi connectivity index (χ1) is 12.1. The van der Waals surface area contributed by atoms with Gasteiger partial charge in [0.15, 0.2) is 5.56 Å². The van der Waals surface area contributed by atoms with Gasteiger partial charge in [0, 0.05) is 31.9 Å². The lowest BCUT2D eigenvalue weighted by molar-refractivity contribution is 0.479. The Morgan fingerprint density at radius 2 is 1.84 bits per heavy atom. The molecular formula is C18H11N3O2S2. The van der Waals surface area contributed by atoms with E-state index in [0.29, 0.717) is 15.9 Å². The van der Waals surface area contributed by atoms with Gasteiger partial charge in [-0.2, -0.15) is 5.26 Å². The first-order valence-corrected chi connectivity index (χ1v) is 9.01. The number of hydrogen-bond donors (Lipinski definition) is 3. The highest BCUT2D eigenvalue weighted by Crippen LogP contribution is 2.43. The van der Waals surface area contributed by atoms with Crippen molar-refractivity contribution in [3.05, 3.63) is 57.7 Å². The van der Waals surface area contributed by atoms with E-state index in [1.807, 2.05) is 41.8 Å². The lowest BCUT2D eigenvalue weighted by Gasteiger charge is -2.02. The predicted octanol–water partition coefficient (Wildman–Crippen LogP) is 4.14. The number of hydrogen-bond acceptors (Lipinski definition) is 6. The monoisotopic (exact) mass is 365 g/mol. The molecule has 0 radical (unpaired) electrons. The minimum Gasteiger partial charge on any atom is -0.506 e. The van der Waals surface area contributed by atoms with E-state index in [4.69, 9.17) is 11.0 Å². The number of aromatic amines is 1. The zero-order valence-electron chi connectivity index (χ0n) is 12.7. The number of thiophene rings is 2. The second kappa shape index (κ2) is 5.77. The van der Waals surface area contributed by atoms with E-state index < -0.39 is 5.56 Å². The second-order valence-corrected chi connectivity index (χ2v) is 7.36. The highest BCUT2D eigenvalue weighted by molar-refractivity contribution is 7.20. The smallest absolute Gasteiger partial charge is 0.270 e. The summed E-state index contributed by atoms with van der Waals surface area (Å²) in [6, 6.07) is 13.3. The molecule has 0 spiro atoms. The van der Waals surface area contributed by atoms with Crippen LogP contribution in [0.25, 0.3) is 31.1 Å². The van der Waals surface area contributed by atoms with Gasteiger partial charge >= 0.3 is 0 Å². The topological polar surface area (TPSA) is 103 Å². The number of benzene rings is 1. The maximum atomic E-state index is 11.8. The number of nitriles is 1. The zero-order chi connectivity index (χ0) is 17.6. The van der Waals surface area contributed by atoms with Crippen LogP contribution in [0.5, 0.6) is 5.75 Å². The number of H-pyrrole nitrogens is 1. The number of nitrogens with zero attached hydrogens (tertiary/aromatic N) is 1. The van der Waals surface area contributed by atoms with Crippen LogP contribution in [-0.4, -0.2) is 10.1 Å². The molecule has 0 aliphatic heterocycles. The van der Waals surface area contributed by atoms with Gasteiger partial charge in [0.25, 0.3) is 5.56 Å². The fraction of sp³-hybridized carbons (Fsp3) is 0. The fourth-order valence-electron chi connectivity index (χ4n) is 2.72. The maximum Gasteiger partial charge on any atom is 0.270 e. The summed E-state index contributed by atoms with van der Waals surface area (Å²) in [6.07, 6.45) is 0. The molecule has 0 aliphatic carbocycles. The van der Waals surface area contributed by atoms with Crippen LogP contribution in [0.15, 0.2) is 46.6 Å². The van der Waals surface area contributed by atoms with Crippen molar-refractivity contribution >= 4 is 38.6 Å². The molecule has 5 nitrogen and oxygen atoms in total. The van der Waals surface area contributed by atoms with Gasteiger partial charge in [-0.05, 0) is 18.2 Å². The molecule has 0 saturated heterocycles. The SMILES string of the molecule is N#Cc1c(O)c2c(-c3ccc(-c4ccccc4N)s3)csc2[nH]c1=O. The number of pyridine rings is 1. The van der Waals surface area contributed by atoms with Gasteiger partial charge in [0.2, 0.25) is 0 Å². The number of anilines is 1. The average Bonchev–Trinajstić information content (AvgIpc) is 3.22. The number of aromatic hydroxyl groups is 1. The van der Waals surface area contributed by atoms with E-state index in [9.17, 15) is 9.90 Å². The molecule has 0 atom stereocenters. The Bertz CT molecular complexity index is 1210. The van der Waals surface area contributed by atoms with E-state index in [-0.39, 0.29) is 11.3 Å². The van der Waals surface area contributed by atoms with Gasteiger partial charge in [-0.25, -0.2) is 0 Å². The molecule has 7 heteroatoms. The normalized spacial score (nSPS) is 10.8. The quantitative estimate of drug-likeness (QED) is 0.464. The molecule has 122 valence electrons. The summed E-state index contributed by atoms with van der Waals surface area (Å²) in [4.78, 5) is 17.0. The van der Waals surface area contributed by atoms with Crippen molar-refractivity contribution in [3.63, 3.8) is 0 Å². The van der Waals surface area contributed by atoms with Crippen molar-refractivity contribution < 1.29 is 5.11 Å². The largest absolute Gasteiger partial charge is 0.506 e. The minimum atomic E-state index is -0.579. The lowest BCUT2D eigenvalue weighted by Crippen LogP contribution is -2.09. The number of para-hydroxylation sites is 1. The van der Waals surface area contributed by atoms with Crippen molar-refractivity contribution in [2.24, 2.45) is 0 Å². The number of fused-ring (bicyclic) bond motifs is 1. The van der Waals surface area contributed by atoms with Crippen molar-refractivity contribution in [2.45, 2.75) is 0 Å². The molecular weight excluding hydrogens is 354 g/mol. The molecule has 1 aromatic carbocycles. The molecule has 0 unspecified atom stereocenters. The number of rotatable bonds is 2. The maximum absolute atomic E-state index is 11.8. The first-order valence-electron chi connectivity index (χ1n) is 7.31. The van der Waals surface area contributed by atoms with Gasteiger partial charge in [-0.1, -0.05) is 18.2 Å². The van der Waals surface area contributed by atoms with Gasteiger partial charge in [0.1, 0.15) is 16.6 Å². The Balaban J connectivity index is 1.91. The van der Waals surface area contributed by atoms with Crippen LogP contribution in [-0.2, 0) is 0 Å². The van der Waals surface area contributed by atoms with Gasteiger partial charge in [0.05, 0.1) is 5.39 Å². The number of aromatic nitrogens is 1. The zero-order valence-corrected chi connectivity index (χ0v) is 14.4. The Labute approximate surface area is 150 Å². The average molecular weight is 365 g/mol. The predicted molar refractivity (Wildman–Crippen MR) is 102 cm³/mol. The van der Waals surface area contributed by atoms with Crippen molar-refractivity contribution in [2.75, 3.05) is 5.73 Å². The molecule has 3 aromatic heterocycles. The lowest BCUT2D eigenvalue weighted by atomic mass is 10.1. The third kappa shape index (κ3) is 2.39. The number of nitrogen functional groups attached to an aromatic ring is 1. The van der Waals surface area contributed by atoms with Crippen LogP contribution in [0.3, 0.4) is 0 Å². The summed E-state index contributed by atoms with van der Waals surface area (Å²) in [5.74, 6) is -0.272. The van der Waals surface area contributed by atoms with E-state index in [1.165, 1.54) is 22.7 Å². The molecule has 0 saturated carbocycles. The summed E-state index contributed by atoms with van der Waals surface area (Å²) in [6.45, 7) is 0. The van der Waals surface area contributed by atoms with Crippen LogP contribution in [0.1, 0.15) is 5.56 Å². The van der Waals surface area contributed by atoms with Crippen LogP contribution < -0.4 is 11.3 Å². The highest BCUT2D eigenvalue weighted by atomic mass is 32.1. The highest BCUT2D eigenvalue weighted by Gasteiger charge is 2.18. The third-order valence-electron chi connectivity index (χ3n) is 3.93. The van der Waals surface area contributed by atoms with Crippen molar-refractivity contribution in [1.29, 1.82) is 5.26 Å². The Morgan fingerprint density at radius 3 is 2.56 bits per heavy atom. The standard InChI is InChI=1S/C18H11N3O2S2/c19-7-10-16(22)15-11(8-24-18(15)21-17(10)23)14-6-5-13(25-14)9-3-1-2-4-12(9)20/h1-6,8H,20H2,(H2,21,22,23). The molecule has 0 aliphatic rings. The third-order valence-corrected chi connectivity index (χ3v) is 5.98. The van der Waals surface area contributed by atoms with E-state index in [0.717, 1.165) is 20.9 Å². The van der Waals surface area contributed by atoms with E-state index in [2.05, 4.69) is 4.98 Å². The summed E-state index contributed by atoms with van der Waals surface area (Å²) in [5, 5.41) is 21.8. The molecule has 4 rings (SSSR count). The number of nitrogens with one attached hydrogen (secondary N) is 1. The molecule has 0 fully saturated rings. The molecule has 4 N–H and O–H groups in total. The van der Waals surface area contributed by atoms with E-state index >= 15 is 0 Å². The van der Waals surface area contributed by atoms with Crippen LogP contribution in [0, 0.1) is 11.3 Å². The van der Waals surface area contributed by atoms with Crippen LogP contribution in [0.4, 0.5) is 5.69 Å². The summed E-state index contributed by atoms with van der Waals surface area (Å²) >= 11 is 2.86. The summed E-state index contributed by atoms with van der Waals surface area (Å²) < 4.78 is 0. The summed E-state index contributed by atoms with van der Waals surface area (Å²) in [5.41, 5.74) is 7.64. The van der Waals surface area contributed by atoms with Crippen molar-refractivity contribution in [3.8, 4) is 32.7 Å². The number of nitrogens with two attached hydrogens (primary N) is 1. The van der Waals surface area contributed by atoms with E-state index in [1.54, 1.807) is 6.07 Å². The molecule has 4 aromatic rings. The van der Waals surface area contributed by atoms with Gasteiger partial charge in [-0.15, -0.1) is 22.7 Å². The molecule has 0 bridgehead atoms. The molecule has 25 heavy (non-hydrogen) atoms. The molecule has 3 heterocycles. The van der Waals surface area contributed by atoms with Gasteiger partial charge < -0.3 is 15.8 Å². The van der Waals surface area contributed by atoms with Crippen molar-refractivity contribution in [1.82, 2.24) is 4.98 Å². The van der Waals surface area contributed by atoms with Crippen LogP contribution in [0.2, 0.25) is 0 Å². The fourth-order valence-corrected chi connectivity index (χ4v) is 4.82. The summed E-state index contributed by atoms with van der Waals surface area (Å²) in [7, 11) is 0. The van der Waals surface area contributed by atoms with Crippen LogP contribution >= 0.6 is 22.7 Å². The second-order valence-electron chi connectivity index (χ2n) is 5.39.